The van der Waals surface area contributed by atoms with E-state index in [9.17, 15) is 0 Å². The topological polar surface area (TPSA) is 32.0 Å². The standard InChI is InChI=1S/C15H11N3O.Ir/c1-17-9-16-18(10-17)13-7-4-6-12-11-5-2-3-8-14(11)19-15(12)13;/h2-6,8-10H,1H3;/q-2;. The second-order valence-corrected chi connectivity index (χ2v) is 4.52. The molecule has 0 unspecified atom stereocenters. The Balaban J connectivity index is 0.00000121. The van der Waals surface area contributed by atoms with E-state index in [0.29, 0.717) is 0 Å². The second kappa shape index (κ2) is 4.93. The normalized spacial score (nSPS) is 14.2. The van der Waals surface area contributed by atoms with Gasteiger partial charge >= 0.3 is 0 Å². The van der Waals surface area contributed by atoms with Crippen molar-refractivity contribution in [1.29, 1.82) is 0 Å². The fourth-order valence-electron chi connectivity index (χ4n) is 2.33. The minimum atomic E-state index is 0. The molecule has 0 atom stereocenters. The average molecular weight is 441 g/mol. The largest absolute Gasteiger partial charge is 0.514 e. The van der Waals surface area contributed by atoms with E-state index >= 15 is 0 Å². The maximum absolute atomic E-state index is 5.95. The molecule has 20 heavy (non-hydrogen) atoms. The Morgan fingerprint density at radius 3 is 2.85 bits per heavy atom. The van der Waals surface area contributed by atoms with E-state index in [1.807, 2.05) is 48.9 Å². The second-order valence-electron chi connectivity index (χ2n) is 4.52. The zero-order valence-electron chi connectivity index (χ0n) is 10.7. The van der Waals surface area contributed by atoms with E-state index in [1.54, 1.807) is 11.3 Å². The maximum atomic E-state index is 5.95. The van der Waals surface area contributed by atoms with Crippen LogP contribution in [0.1, 0.15) is 0 Å². The molecule has 0 fully saturated rings. The van der Waals surface area contributed by atoms with Crippen LogP contribution in [0.25, 0.3) is 21.9 Å². The molecule has 1 aliphatic heterocycles. The molecule has 1 aliphatic rings. The van der Waals surface area contributed by atoms with Crippen LogP contribution in [0.2, 0.25) is 0 Å². The monoisotopic (exact) mass is 442 g/mol. The van der Waals surface area contributed by atoms with Crippen molar-refractivity contribution in [2.75, 3.05) is 12.1 Å². The van der Waals surface area contributed by atoms with Gasteiger partial charge in [0.1, 0.15) is 5.58 Å². The first-order valence-electron chi connectivity index (χ1n) is 6.05. The third kappa shape index (κ3) is 1.90. The average Bonchev–Trinajstić information content (AvgIpc) is 3.02. The first-order chi connectivity index (χ1) is 9.33. The summed E-state index contributed by atoms with van der Waals surface area (Å²) in [4.78, 5) is 1.88. The van der Waals surface area contributed by atoms with Gasteiger partial charge in [-0.3, -0.25) is 0 Å². The fraction of sp³-hybridized carbons (Fsp3) is 0.0667. The number of para-hydroxylation sites is 1. The molecule has 0 aliphatic carbocycles. The van der Waals surface area contributed by atoms with Gasteiger partial charge < -0.3 is 14.3 Å². The van der Waals surface area contributed by atoms with Crippen LogP contribution in [0.3, 0.4) is 0 Å². The summed E-state index contributed by atoms with van der Waals surface area (Å²) in [7, 11) is 1.93. The summed E-state index contributed by atoms with van der Waals surface area (Å²) in [6.45, 7) is 1.89. The first-order valence-corrected chi connectivity index (χ1v) is 6.05. The molecule has 4 nitrogen and oxygen atoms in total. The molecule has 5 heteroatoms. The maximum Gasteiger partial charge on any atom is 0.116 e. The van der Waals surface area contributed by atoms with Gasteiger partial charge in [0.2, 0.25) is 0 Å². The van der Waals surface area contributed by atoms with E-state index in [2.05, 4.69) is 17.2 Å². The Morgan fingerprint density at radius 2 is 2.05 bits per heavy atom. The van der Waals surface area contributed by atoms with Gasteiger partial charge in [-0.05, 0) is 18.8 Å². The molecule has 1 radical (unpaired) electrons. The molecule has 4 rings (SSSR count). The van der Waals surface area contributed by atoms with E-state index in [-0.39, 0.29) is 20.1 Å². The predicted octanol–water partition coefficient (Wildman–Crippen LogP) is 3.20. The molecule has 1 aromatic heterocycles. The SMILES string of the molecule is CN1C=NN(c2[c-]ccc3c2oc2ccccc23)[CH-]1.[Ir]. The molecule has 0 saturated carbocycles. The van der Waals surface area contributed by atoms with Crippen LogP contribution in [-0.4, -0.2) is 18.3 Å². The number of anilines is 1. The van der Waals surface area contributed by atoms with E-state index in [1.165, 1.54) is 0 Å². The van der Waals surface area contributed by atoms with Gasteiger partial charge in [0.25, 0.3) is 0 Å². The minimum Gasteiger partial charge on any atom is -0.514 e. The number of nitrogens with zero attached hydrogens (tertiary/aromatic N) is 3. The molecular formula is C15H11IrN3O-2. The summed E-state index contributed by atoms with van der Waals surface area (Å²) in [5.74, 6) is 0. The summed E-state index contributed by atoms with van der Waals surface area (Å²) in [5, 5.41) is 8.26. The van der Waals surface area contributed by atoms with Crippen LogP contribution in [0.15, 0.2) is 45.9 Å². The number of hydrogen-bond donors (Lipinski definition) is 0. The number of rotatable bonds is 1. The molecular weight excluding hydrogens is 430 g/mol. The first kappa shape index (κ1) is 13.2. The number of hydrazone groups is 1. The molecule has 2 heterocycles. The van der Waals surface area contributed by atoms with Gasteiger partial charge in [0.15, 0.2) is 0 Å². The zero-order chi connectivity index (χ0) is 12.8. The van der Waals surface area contributed by atoms with E-state index in [4.69, 9.17) is 4.42 Å². The molecule has 3 aromatic rings. The number of hydrogen-bond acceptors (Lipinski definition) is 4. The van der Waals surface area contributed by atoms with Crippen LogP contribution in [0, 0.1) is 12.7 Å². The summed E-state index contributed by atoms with van der Waals surface area (Å²) in [6.07, 6.45) is 1.75. The summed E-state index contributed by atoms with van der Waals surface area (Å²) in [5.41, 5.74) is 2.52. The molecule has 0 amide bonds. The summed E-state index contributed by atoms with van der Waals surface area (Å²) in [6, 6.07) is 15.1. The van der Waals surface area contributed by atoms with Crippen molar-refractivity contribution in [2.24, 2.45) is 5.10 Å². The molecule has 0 saturated heterocycles. The van der Waals surface area contributed by atoms with Crippen molar-refractivity contribution in [3.63, 3.8) is 0 Å². The summed E-state index contributed by atoms with van der Waals surface area (Å²) < 4.78 is 5.95. The van der Waals surface area contributed by atoms with Crippen molar-refractivity contribution in [1.82, 2.24) is 4.90 Å². The number of fused-ring (bicyclic) bond motifs is 3. The number of benzene rings is 2. The molecule has 2 aromatic carbocycles. The molecule has 103 valence electrons. The van der Waals surface area contributed by atoms with Gasteiger partial charge in [-0.15, -0.1) is 6.67 Å². The van der Waals surface area contributed by atoms with Gasteiger partial charge in [-0.25, -0.2) is 0 Å². The van der Waals surface area contributed by atoms with Crippen LogP contribution >= 0.6 is 0 Å². The van der Waals surface area contributed by atoms with Gasteiger partial charge in [0.05, 0.1) is 6.34 Å². The van der Waals surface area contributed by atoms with Crippen molar-refractivity contribution in [3.05, 3.63) is 49.1 Å². The Kier molecular flexibility index (Phi) is 3.24. The molecule has 0 bridgehead atoms. The fourth-order valence-corrected chi connectivity index (χ4v) is 2.33. The van der Waals surface area contributed by atoms with E-state index in [0.717, 1.165) is 27.6 Å². The Hall–Kier alpha value is -1.84. The Morgan fingerprint density at radius 1 is 1.20 bits per heavy atom. The predicted molar refractivity (Wildman–Crippen MR) is 75.6 cm³/mol. The van der Waals surface area contributed by atoms with Crippen molar-refractivity contribution >= 4 is 34.0 Å². The zero-order valence-corrected chi connectivity index (χ0v) is 13.1. The van der Waals surface area contributed by atoms with Gasteiger partial charge in [-0.1, -0.05) is 23.6 Å². The molecule has 0 N–H and O–H groups in total. The Bertz CT molecular complexity index is 796. The number of furan rings is 1. The quantitative estimate of drug-likeness (QED) is 0.544. The van der Waals surface area contributed by atoms with Crippen molar-refractivity contribution in [2.45, 2.75) is 0 Å². The van der Waals surface area contributed by atoms with Crippen LogP contribution in [-0.2, 0) is 20.1 Å². The Labute approximate surface area is 130 Å². The van der Waals surface area contributed by atoms with Crippen molar-refractivity contribution < 1.29 is 24.5 Å². The smallest absolute Gasteiger partial charge is 0.116 e. The minimum absolute atomic E-state index is 0. The third-order valence-corrected chi connectivity index (χ3v) is 3.20. The van der Waals surface area contributed by atoms with Crippen LogP contribution in [0.4, 0.5) is 5.69 Å². The van der Waals surface area contributed by atoms with Gasteiger partial charge in [-0.2, -0.15) is 23.3 Å². The van der Waals surface area contributed by atoms with Crippen molar-refractivity contribution in [3.8, 4) is 0 Å². The van der Waals surface area contributed by atoms with Crippen LogP contribution < -0.4 is 5.01 Å². The van der Waals surface area contributed by atoms with Gasteiger partial charge in [0, 0.05) is 31.1 Å². The molecule has 0 spiro atoms. The van der Waals surface area contributed by atoms with Crippen LogP contribution in [0.5, 0.6) is 0 Å². The third-order valence-electron chi connectivity index (χ3n) is 3.20. The van der Waals surface area contributed by atoms with E-state index < -0.39 is 0 Å². The summed E-state index contributed by atoms with van der Waals surface area (Å²) >= 11 is 0.